The molecule has 0 N–H and O–H groups in total. The van der Waals surface area contributed by atoms with Crippen LogP contribution >= 0.6 is 11.6 Å². The van der Waals surface area contributed by atoms with E-state index in [-0.39, 0.29) is 11.3 Å². The van der Waals surface area contributed by atoms with Crippen LogP contribution in [0.25, 0.3) is 0 Å². The number of carbonyl (C=O) groups excluding carboxylic acids is 1. The number of aromatic nitrogens is 1. The minimum atomic E-state index is -2.86. The van der Waals surface area contributed by atoms with Gasteiger partial charge in [0, 0.05) is 6.20 Å². The van der Waals surface area contributed by atoms with Gasteiger partial charge in [0.15, 0.2) is 0 Å². The van der Waals surface area contributed by atoms with Crippen LogP contribution in [0.4, 0.5) is 8.78 Å². The Kier molecular flexibility index (Phi) is 3.32. The second-order valence-corrected chi connectivity index (χ2v) is 3.08. The lowest BCUT2D eigenvalue weighted by atomic mass is 10.0. The van der Waals surface area contributed by atoms with E-state index in [1.807, 2.05) is 0 Å². The Labute approximate surface area is 89.3 Å². The molecule has 0 aliphatic heterocycles. The average Bonchev–Trinajstić information content (AvgIpc) is 2.15. The van der Waals surface area contributed by atoms with Gasteiger partial charge in [-0.05, 0) is 18.5 Å². The molecule has 0 atom stereocenters. The minimum Gasteiger partial charge on any atom is -0.275 e. The van der Waals surface area contributed by atoms with E-state index in [2.05, 4.69) is 4.98 Å². The van der Waals surface area contributed by atoms with Gasteiger partial charge >= 0.3 is 0 Å². The third-order valence-electron chi connectivity index (χ3n) is 1.84. The van der Waals surface area contributed by atoms with Crippen molar-refractivity contribution in [1.82, 2.24) is 4.98 Å². The monoisotopic (exact) mass is 230 g/mol. The van der Waals surface area contributed by atoms with Gasteiger partial charge in [0.2, 0.25) is 0 Å². The van der Waals surface area contributed by atoms with Gasteiger partial charge in [0.25, 0.3) is 11.7 Å². The maximum atomic E-state index is 12.4. The molecule has 0 saturated carbocycles. The summed E-state index contributed by atoms with van der Waals surface area (Å²) in [7, 11) is 0. The Hall–Kier alpha value is -1.54. The molecule has 0 spiro atoms. The van der Waals surface area contributed by atoms with Crippen molar-refractivity contribution in [3.63, 3.8) is 0 Å². The van der Waals surface area contributed by atoms with E-state index < -0.39 is 22.8 Å². The molecule has 0 aliphatic rings. The Balaban J connectivity index is 3.56. The number of nitriles is 1. The smallest absolute Gasteiger partial charge is 0.266 e. The van der Waals surface area contributed by atoms with E-state index in [4.69, 9.17) is 16.9 Å². The maximum Gasteiger partial charge on any atom is 0.266 e. The normalized spacial score (nSPS) is 10.1. The summed E-state index contributed by atoms with van der Waals surface area (Å²) in [4.78, 5) is 14.5. The lowest BCUT2D eigenvalue weighted by molar-refractivity contribution is 0.107. The molecule has 0 saturated heterocycles. The van der Waals surface area contributed by atoms with Gasteiger partial charge in [-0.25, -0.2) is 8.78 Å². The van der Waals surface area contributed by atoms with Gasteiger partial charge < -0.3 is 0 Å². The minimum absolute atomic E-state index is 0.163. The first kappa shape index (κ1) is 11.5. The van der Waals surface area contributed by atoms with Gasteiger partial charge in [-0.15, -0.1) is 0 Å². The summed E-state index contributed by atoms with van der Waals surface area (Å²) in [6.07, 6.45) is -1.98. The molecule has 1 rings (SSSR count). The van der Waals surface area contributed by atoms with Crippen molar-refractivity contribution in [2.24, 2.45) is 0 Å². The van der Waals surface area contributed by atoms with Crippen molar-refractivity contribution in [1.29, 1.82) is 5.26 Å². The summed E-state index contributed by atoms with van der Waals surface area (Å²) in [5, 5.41) is 7.74. The first-order chi connectivity index (χ1) is 6.99. The van der Waals surface area contributed by atoms with Crippen molar-refractivity contribution in [3.8, 4) is 6.07 Å². The van der Waals surface area contributed by atoms with Crippen LogP contribution in [0.15, 0.2) is 6.20 Å². The first-order valence-electron chi connectivity index (χ1n) is 3.86. The molecule has 15 heavy (non-hydrogen) atoms. The largest absolute Gasteiger partial charge is 0.275 e. The SMILES string of the molecule is Cc1ncc(C(F)F)c(C#N)c1C(=O)Cl. The van der Waals surface area contributed by atoms with Crippen LogP contribution in [0.3, 0.4) is 0 Å². The molecule has 0 fully saturated rings. The number of aryl methyl sites for hydroxylation is 1. The predicted octanol–water partition coefficient (Wildman–Crippen LogP) is 2.58. The zero-order chi connectivity index (χ0) is 11.6. The summed E-state index contributed by atoms with van der Waals surface area (Å²) in [5.41, 5.74) is -1.07. The number of rotatable bonds is 2. The molecule has 78 valence electrons. The third kappa shape index (κ3) is 2.10. The van der Waals surface area contributed by atoms with Crippen molar-refractivity contribution < 1.29 is 13.6 Å². The fraction of sp³-hybridized carbons (Fsp3) is 0.222. The number of carbonyl (C=O) groups is 1. The number of hydrogen-bond donors (Lipinski definition) is 0. The van der Waals surface area contributed by atoms with Crippen molar-refractivity contribution >= 4 is 16.8 Å². The molecule has 1 aromatic rings. The fourth-order valence-electron chi connectivity index (χ4n) is 1.15. The van der Waals surface area contributed by atoms with Gasteiger partial charge in [-0.3, -0.25) is 9.78 Å². The van der Waals surface area contributed by atoms with Gasteiger partial charge in [-0.2, -0.15) is 5.26 Å². The lowest BCUT2D eigenvalue weighted by Crippen LogP contribution is -2.05. The molecule has 1 aromatic heterocycles. The molecular weight excluding hydrogens is 226 g/mol. The van der Waals surface area contributed by atoms with Crippen LogP contribution in [0.5, 0.6) is 0 Å². The maximum absolute atomic E-state index is 12.4. The van der Waals surface area contributed by atoms with E-state index in [1.54, 1.807) is 6.07 Å². The van der Waals surface area contributed by atoms with Gasteiger partial charge in [-0.1, -0.05) is 0 Å². The molecule has 6 heteroatoms. The molecule has 0 radical (unpaired) electrons. The zero-order valence-corrected chi connectivity index (χ0v) is 8.35. The van der Waals surface area contributed by atoms with Crippen LogP contribution in [0.2, 0.25) is 0 Å². The fourth-order valence-corrected chi connectivity index (χ4v) is 1.38. The van der Waals surface area contributed by atoms with Gasteiger partial charge in [0.1, 0.15) is 6.07 Å². The third-order valence-corrected chi connectivity index (χ3v) is 2.03. The molecule has 0 aromatic carbocycles. The molecule has 1 heterocycles. The van der Waals surface area contributed by atoms with E-state index in [1.165, 1.54) is 6.92 Å². The van der Waals surface area contributed by atoms with Crippen LogP contribution in [-0.2, 0) is 0 Å². The first-order valence-corrected chi connectivity index (χ1v) is 4.24. The van der Waals surface area contributed by atoms with Crippen LogP contribution in [0, 0.1) is 18.3 Å². The number of hydrogen-bond acceptors (Lipinski definition) is 3. The number of alkyl halides is 2. The summed E-state index contributed by atoms with van der Waals surface area (Å²) in [5.74, 6) is 0. The number of halogens is 3. The van der Waals surface area contributed by atoms with E-state index in [0.717, 1.165) is 6.20 Å². The average molecular weight is 231 g/mol. The highest BCUT2D eigenvalue weighted by atomic mass is 35.5. The summed E-state index contributed by atoms with van der Waals surface area (Å²) in [6.45, 7) is 1.42. The molecule has 0 amide bonds. The molecule has 0 unspecified atom stereocenters. The van der Waals surface area contributed by atoms with Crippen molar-refractivity contribution in [2.45, 2.75) is 13.3 Å². The van der Waals surface area contributed by atoms with E-state index in [0.29, 0.717) is 0 Å². The zero-order valence-electron chi connectivity index (χ0n) is 7.59. The quantitative estimate of drug-likeness (QED) is 0.734. The highest BCUT2D eigenvalue weighted by Gasteiger charge is 2.21. The predicted molar refractivity (Wildman–Crippen MR) is 48.8 cm³/mol. The molecule has 3 nitrogen and oxygen atoms in total. The standard InChI is InChI=1S/C9H5ClF2N2O/c1-4-7(8(10)15)5(2-13)6(3-14-4)9(11)12/h3,9H,1H3. The summed E-state index contributed by atoms with van der Waals surface area (Å²) < 4.78 is 24.9. The Morgan fingerprint density at radius 3 is 2.67 bits per heavy atom. The highest BCUT2D eigenvalue weighted by molar-refractivity contribution is 6.68. The second kappa shape index (κ2) is 4.32. The number of nitrogens with zero attached hydrogens (tertiary/aromatic N) is 2. The van der Waals surface area contributed by atoms with E-state index in [9.17, 15) is 13.6 Å². The molecule has 0 bridgehead atoms. The number of pyridine rings is 1. The Morgan fingerprint density at radius 1 is 1.67 bits per heavy atom. The summed E-state index contributed by atoms with van der Waals surface area (Å²) >= 11 is 5.19. The van der Waals surface area contributed by atoms with E-state index >= 15 is 0 Å². The molecular formula is C9H5ClF2N2O. The van der Waals surface area contributed by atoms with Crippen molar-refractivity contribution in [2.75, 3.05) is 0 Å². The van der Waals surface area contributed by atoms with Crippen molar-refractivity contribution in [3.05, 3.63) is 28.6 Å². The Bertz CT molecular complexity index is 454. The van der Waals surface area contributed by atoms with Gasteiger partial charge in [0.05, 0.1) is 22.4 Å². The Morgan fingerprint density at radius 2 is 2.27 bits per heavy atom. The summed E-state index contributed by atoms with van der Waals surface area (Å²) in [6, 6.07) is 1.54. The second-order valence-electron chi connectivity index (χ2n) is 2.74. The molecule has 0 aliphatic carbocycles. The van der Waals surface area contributed by atoms with Crippen LogP contribution in [-0.4, -0.2) is 10.2 Å². The topological polar surface area (TPSA) is 53.8 Å². The lowest BCUT2D eigenvalue weighted by Gasteiger charge is -2.07. The van der Waals surface area contributed by atoms with Crippen LogP contribution in [0.1, 0.15) is 33.6 Å². The highest BCUT2D eigenvalue weighted by Crippen LogP contribution is 2.26. The van der Waals surface area contributed by atoms with Crippen LogP contribution < -0.4 is 0 Å².